The topological polar surface area (TPSA) is 53.1 Å². The van der Waals surface area contributed by atoms with Gasteiger partial charge in [-0.1, -0.05) is 176 Å². The summed E-state index contributed by atoms with van der Waals surface area (Å²) in [4.78, 5) is 5.45. The van der Waals surface area contributed by atoms with Gasteiger partial charge in [0.2, 0.25) is 0 Å². The summed E-state index contributed by atoms with van der Waals surface area (Å²) in [6.07, 6.45) is 11.9. The van der Waals surface area contributed by atoms with Crippen LogP contribution >= 0.6 is 0 Å². The van der Waals surface area contributed by atoms with Crippen LogP contribution in [0.2, 0.25) is 0 Å². The van der Waals surface area contributed by atoms with Gasteiger partial charge in [-0.25, -0.2) is 0 Å². The van der Waals surface area contributed by atoms with Crippen molar-refractivity contribution in [1.29, 1.82) is 5.26 Å². The number of nitriles is 1. The van der Waals surface area contributed by atoms with Crippen LogP contribution in [0.4, 0.5) is 0 Å². The molecule has 1 aliphatic heterocycles. The first-order valence-electron chi connectivity index (χ1n) is 20.4. The minimum atomic E-state index is -0.447. The van der Waals surface area contributed by atoms with E-state index >= 15 is 0 Å². The number of hydrogen-bond donors (Lipinski definition) is 1. The number of benzene rings is 7. The monoisotopic (exact) mass is 756 g/mol. The molecule has 2 aliphatic carbocycles. The molecule has 1 aromatic heterocycles. The van der Waals surface area contributed by atoms with Crippen molar-refractivity contribution >= 4 is 33.2 Å². The Balaban J connectivity index is 1.15. The number of nitrogens with zero attached hydrogens (tertiary/aromatic N) is 3. The van der Waals surface area contributed by atoms with Crippen molar-refractivity contribution in [2.45, 2.75) is 23.9 Å². The number of aliphatic imine (C=N–C) groups is 1. The van der Waals surface area contributed by atoms with Gasteiger partial charge in [0.05, 0.1) is 28.1 Å². The van der Waals surface area contributed by atoms with Crippen LogP contribution in [0.25, 0.3) is 33.2 Å². The number of nitrogens with one attached hydrogen (secondary N) is 1. The lowest BCUT2D eigenvalue weighted by Crippen LogP contribution is -2.35. The van der Waals surface area contributed by atoms with Gasteiger partial charge in [0.15, 0.2) is 0 Å². The Morgan fingerprint density at radius 1 is 0.644 bits per heavy atom. The van der Waals surface area contributed by atoms with Gasteiger partial charge in [0.25, 0.3) is 0 Å². The Morgan fingerprint density at radius 3 is 2.12 bits per heavy atom. The molecule has 11 rings (SSSR count). The Hall–Kier alpha value is -7.48. The summed E-state index contributed by atoms with van der Waals surface area (Å²) in [7, 11) is 0. The highest BCUT2D eigenvalue weighted by molar-refractivity contribution is 6.12. The quantitative estimate of drug-likeness (QED) is 0.184. The molecule has 3 unspecified atom stereocenters. The van der Waals surface area contributed by atoms with Crippen LogP contribution in [0.5, 0.6) is 0 Å². The summed E-state index contributed by atoms with van der Waals surface area (Å²) in [5.41, 5.74) is 14.1. The van der Waals surface area contributed by atoms with E-state index < -0.39 is 5.41 Å². The van der Waals surface area contributed by atoms with Gasteiger partial charge in [0, 0.05) is 46.1 Å². The molecule has 0 spiro atoms. The minimum Gasteiger partial charge on any atom is -0.360 e. The van der Waals surface area contributed by atoms with Gasteiger partial charge < -0.3 is 9.88 Å². The number of aromatic nitrogens is 1. The zero-order chi connectivity index (χ0) is 39.3. The van der Waals surface area contributed by atoms with Crippen molar-refractivity contribution < 1.29 is 0 Å². The molecule has 1 N–H and O–H groups in total. The van der Waals surface area contributed by atoms with Crippen molar-refractivity contribution in [2.24, 2.45) is 10.9 Å². The van der Waals surface area contributed by atoms with Gasteiger partial charge in [-0.3, -0.25) is 4.99 Å². The molecular weight excluding hydrogens is 717 g/mol. The fraction of sp³-hybridized carbons (Fsp3) is 0.0909. The molecule has 280 valence electrons. The van der Waals surface area contributed by atoms with Crippen molar-refractivity contribution in [2.75, 3.05) is 0 Å². The predicted octanol–water partition coefficient (Wildman–Crippen LogP) is 12.4. The van der Waals surface area contributed by atoms with E-state index in [0.29, 0.717) is 12.0 Å². The molecule has 0 radical (unpaired) electrons. The highest BCUT2D eigenvalue weighted by Crippen LogP contribution is 2.61. The third-order valence-corrected chi connectivity index (χ3v) is 12.6. The summed E-state index contributed by atoms with van der Waals surface area (Å²) >= 11 is 0. The number of para-hydroxylation sites is 1. The maximum absolute atomic E-state index is 9.70. The Morgan fingerprint density at radius 2 is 1.34 bits per heavy atom. The van der Waals surface area contributed by atoms with Gasteiger partial charge >= 0.3 is 0 Å². The molecule has 59 heavy (non-hydrogen) atoms. The Labute approximate surface area is 344 Å². The summed E-state index contributed by atoms with van der Waals surface area (Å²) in [5.74, 6) is 0.406. The van der Waals surface area contributed by atoms with E-state index in [9.17, 15) is 5.26 Å². The number of allylic oxidation sites excluding steroid dienone is 5. The molecular formula is C55H40N4. The molecule has 7 aromatic carbocycles. The lowest BCUT2D eigenvalue weighted by atomic mass is 9.63. The molecule has 0 amide bonds. The van der Waals surface area contributed by atoms with E-state index in [1.807, 2.05) is 24.3 Å². The van der Waals surface area contributed by atoms with Gasteiger partial charge in [-0.05, 0) is 69.3 Å². The van der Waals surface area contributed by atoms with E-state index in [-0.39, 0.29) is 18.0 Å². The average molecular weight is 757 g/mol. The first kappa shape index (κ1) is 34.7. The molecule has 3 aliphatic rings. The van der Waals surface area contributed by atoms with Crippen LogP contribution < -0.4 is 5.32 Å². The number of rotatable bonds is 6. The predicted molar refractivity (Wildman–Crippen MR) is 241 cm³/mol. The maximum Gasteiger partial charge on any atom is 0.145 e. The second-order valence-corrected chi connectivity index (χ2v) is 15.7. The highest BCUT2D eigenvalue weighted by Gasteiger charge is 2.54. The molecule has 4 nitrogen and oxygen atoms in total. The van der Waals surface area contributed by atoms with Crippen molar-refractivity contribution in [1.82, 2.24) is 9.88 Å². The lowest BCUT2D eigenvalue weighted by Gasteiger charge is -2.39. The van der Waals surface area contributed by atoms with Gasteiger partial charge in [-0.2, -0.15) is 5.26 Å². The zero-order valence-electron chi connectivity index (χ0n) is 32.4. The van der Waals surface area contributed by atoms with E-state index in [1.54, 1.807) is 0 Å². The third-order valence-electron chi connectivity index (χ3n) is 12.6. The zero-order valence-corrected chi connectivity index (χ0v) is 32.4. The maximum atomic E-state index is 9.70. The van der Waals surface area contributed by atoms with Crippen molar-refractivity contribution in [3.8, 4) is 11.8 Å². The molecule has 2 heterocycles. The van der Waals surface area contributed by atoms with E-state index in [1.165, 1.54) is 44.1 Å². The van der Waals surface area contributed by atoms with Crippen LogP contribution in [-0.4, -0.2) is 10.3 Å². The largest absolute Gasteiger partial charge is 0.360 e. The van der Waals surface area contributed by atoms with E-state index in [0.717, 1.165) is 33.8 Å². The normalized spacial score (nSPS) is 18.9. The molecule has 3 atom stereocenters. The summed E-state index contributed by atoms with van der Waals surface area (Å²) < 4.78 is 2.53. The molecule has 0 saturated heterocycles. The Bertz CT molecular complexity index is 3030. The fourth-order valence-electron chi connectivity index (χ4n) is 10.2. The second kappa shape index (κ2) is 14.2. The van der Waals surface area contributed by atoms with Crippen LogP contribution in [0.3, 0.4) is 0 Å². The molecule has 0 bridgehead atoms. The standard InChI is InChI=1S/C55H40N4/c56-36-37-16-14-19-39(34-37)49-32-33-50(58-54(57-49)38-17-4-1-5-18-38)40-20-15-25-43(35-40)59-51-29-13-11-27-45(51)47-31-30-46-44-26-10-12-28-48(44)55(52(46)53(47)59,41-21-6-2-7-22-41)42-23-8-3-9-24-42/h1-32,34-35,44,48,54,57H,33H2. The van der Waals surface area contributed by atoms with Crippen molar-refractivity contribution in [3.63, 3.8) is 0 Å². The van der Waals surface area contributed by atoms with E-state index in [4.69, 9.17) is 4.99 Å². The molecule has 0 saturated carbocycles. The number of fused-ring (bicyclic) bond motifs is 7. The fourth-order valence-corrected chi connectivity index (χ4v) is 10.2. The SMILES string of the molecule is N#Cc1cccc(C2=CCC(c3cccc(-n4c5ccccc5c5ccc6c(c54)C(c4ccccc4)(c4ccccc4)C4C=CC=CC64)c3)=NC(c3ccccc3)N2)c1. The highest BCUT2D eigenvalue weighted by atomic mass is 15.1. The van der Waals surface area contributed by atoms with Crippen LogP contribution in [0.1, 0.15) is 63.0 Å². The molecule has 4 heteroatoms. The van der Waals surface area contributed by atoms with Crippen LogP contribution in [-0.2, 0) is 5.41 Å². The van der Waals surface area contributed by atoms with E-state index in [2.05, 4.69) is 198 Å². The van der Waals surface area contributed by atoms with Crippen molar-refractivity contribution in [3.05, 3.63) is 251 Å². The van der Waals surface area contributed by atoms with Gasteiger partial charge in [-0.15, -0.1) is 0 Å². The number of hydrogen-bond acceptors (Lipinski definition) is 3. The third kappa shape index (κ3) is 5.54. The smallest absolute Gasteiger partial charge is 0.145 e. The molecule has 8 aromatic rings. The second-order valence-electron chi connectivity index (χ2n) is 15.7. The Kier molecular flexibility index (Phi) is 8.34. The summed E-state index contributed by atoms with van der Waals surface area (Å²) in [6.45, 7) is 0. The lowest BCUT2D eigenvalue weighted by molar-refractivity contribution is 0.458. The first-order valence-corrected chi connectivity index (χ1v) is 20.4. The average Bonchev–Trinajstić information content (AvgIpc) is 3.70. The molecule has 0 fully saturated rings. The van der Waals surface area contributed by atoms with Crippen LogP contribution in [0, 0.1) is 17.2 Å². The minimum absolute atomic E-state index is 0.188. The first-order chi connectivity index (χ1) is 29.2. The van der Waals surface area contributed by atoms with Gasteiger partial charge in [0.1, 0.15) is 6.17 Å². The summed E-state index contributed by atoms with van der Waals surface area (Å²) in [5, 5.41) is 15.9. The van der Waals surface area contributed by atoms with Crippen LogP contribution in [0.15, 0.2) is 211 Å². The summed E-state index contributed by atoms with van der Waals surface area (Å²) in [6, 6.07) is 65.5.